The Morgan fingerprint density at radius 1 is 0.861 bits per heavy atom. The van der Waals surface area contributed by atoms with Crippen LogP contribution >= 0.6 is 0 Å². The number of piperidine rings is 1. The predicted octanol–water partition coefficient (Wildman–Crippen LogP) is 5.87. The van der Waals surface area contributed by atoms with Gasteiger partial charge in [0, 0.05) is 30.3 Å². The summed E-state index contributed by atoms with van der Waals surface area (Å²) in [5, 5.41) is 2.30. The van der Waals surface area contributed by atoms with Crippen molar-refractivity contribution < 1.29 is 14.4 Å². The summed E-state index contributed by atoms with van der Waals surface area (Å²) in [5.41, 5.74) is 6.06. The van der Waals surface area contributed by atoms with Crippen molar-refractivity contribution in [2.45, 2.75) is 67.0 Å². The Hall–Kier alpha value is -3.80. The lowest BCUT2D eigenvalue weighted by Crippen LogP contribution is -2.52. The van der Waals surface area contributed by atoms with Crippen molar-refractivity contribution in [1.29, 1.82) is 0 Å². The number of nitrogens with one attached hydrogen (secondary N) is 1. The number of hydrogen-bond donors (Lipinski definition) is 1. The molecule has 0 bridgehead atoms. The number of rotatable bonds is 2. The van der Waals surface area contributed by atoms with Crippen LogP contribution in [-0.4, -0.2) is 33.6 Å². The van der Waals surface area contributed by atoms with E-state index in [9.17, 15) is 14.4 Å². The number of nitrogens with zero attached hydrogens (tertiary/aromatic N) is 2. The van der Waals surface area contributed by atoms with E-state index in [4.69, 9.17) is 0 Å². The minimum atomic E-state index is -0.531. The third-order valence-corrected chi connectivity index (χ3v) is 5.77. The molecule has 2 aromatic carbocycles. The minimum Gasteiger partial charge on any atom is -0.322 e. The molecule has 1 unspecified atom stereocenters. The van der Waals surface area contributed by atoms with Gasteiger partial charge >= 0.3 is 0 Å². The lowest BCUT2D eigenvalue weighted by molar-refractivity contribution is -0.136. The standard InChI is InChI=1S/C14H14N2O3.C12H11N.2C2H6/c1-8-3-2-4-9-7-16(14(19)12(8)9)10-5-6-11(17)15-13(10)18;1-10-5-7-11(8-6-10)12-4-2-3-9-13-12;2*1-2/h2-4,10H,5-7H2,1H3,(H,15,17,18);2-9H,1H3;2*1-2H3. The van der Waals surface area contributed by atoms with E-state index in [1.165, 1.54) is 11.1 Å². The summed E-state index contributed by atoms with van der Waals surface area (Å²) in [7, 11) is 0. The molecule has 3 aromatic rings. The number of hydrogen-bond acceptors (Lipinski definition) is 4. The average molecular weight is 488 g/mol. The van der Waals surface area contributed by atoms with Gasteiger partial charge in [-0.1, -0.05) is 81.8 Å². The van der Waals surface area contributed by atoms with Gasteiger partial charge in [-0.3, -0.25) is 24.7 Å². The number of pyridine rings is 1. The molecule has 5 rings (SSSR count). The molecule has 0 spiro atoms. The second kappa shape index (κ2) is 13.9. The Balaban J connectivity index is 0.000000235. The number of aryl methyl sites for hydroxylation is 2. The number of fused-ring (bicyclic) bond motifs is 1. The van der Waals surface area contributed by atoms with Gasteiger partial charge in [0.05, 0.1) is 5.69 Å². The van der Waals surface area contributed by atoms with Crippen molar-refractivity contribution in [2.24, 2.45) is 0 Å². The van der Waals surface area contributed by atoms with Crippen LogP contribution in [0.5, 0.6) is 0 Å². The molecule has 0 saturated carbocycles. The van der Waals surface area contributed by atoms with Crippen molar-refractivity contribution in [3.8, 4) is 11.3 Å². The highest BCUT2D eigenvalue weighted by atomic mass is 16.2. The topological polar surface area (TPSA) is 79.4 Å². The van der Waals surface area contributed by atoms with E-state index in [2.05, 4.69) is 41.5 Å². The van der Waals surface area contributed by atoms with Gasteiger partial charge in [0.25, 0.3) is 5.91 Å². The zero-order chi connectivity index (χ0) is 26.7. The second-order valence-electron chi connectivity index (χ2n) is 8.09. The summed E-state index contributed by atoms with van der Waals surface area (Å²) in [6.07, 6.45) is 2.51. The van der Waals surface area contributed by atoms with Crippen LogP contribution in [0.2, 0.25) is 0 Å². The summed E-state index contributed by atoms with van der Waals surface area (Å²) in [4.78, 5) is 41.3. The first-order valence-electron chi connectivity index (χ1n) is 12.7. The molecule has 1 atom stereocenters. The Labute approximate surface area is 214 Å². The molecule has 2 aliphatic rings. The molecule has 190 valence electrons. The van der Waals surface area contributed by atoms with E-state index in [1.807, 2.05) is 77.2 Å². The molecule has 1 saturated heterocycles. The van der Waals surface area contributed by atoms with Crippen LogP contribution in [0.15, 0.2) is 66.9 Å². The van der Waals surface area contributed by atoms with E-state index in [1.54, 1.807) is 4.90 Å². The number of carbonyl (C=O) groups excluding carboxylic acids is 3. The normalized spacial score (nSPS) is 15.8. The average Bonchev–Trinajstić information content (AvgIpc) is 3.25. The fourth-order valence-corrected chi connectivity index (χ4v) is 4.05. The summed E-state index contributed by atoms with van der Waals surface area (Å²) in [6.45, 7) is 12.4. The van der Waals surface area contributed by atoms with Gasteiger partial charge in [-0.05, 0) is 43.5 Å². The van der Waals surface area contributed by atoms with Crippen molar-refractivity contribution in [1.82, 2.24) is 15.2 Å². The van der Waals surface area contributed by atoms with Gasteiger partial charge in [-0.2, -0.15) is 0 Å². The van der Waals surface area contributed by atoms with E-state index in [-0.39, 0.29) is 24.1 Å². The largest absolute Gasteiger partial charge is 0.322 e. The maximum absolute atomic E-state index is 12.4. The molecule has 36 heavy (non-hydrogen) atoms. The molecule has 6 heteroatoms. The number of benzene rings is 2. The van der Waals surface area contributed by atoms with Crippen LogP contribution in [0.4, 0.5) is 0 Å². The highest BCUT2D eigenvalue weighted by Gasteiger charge is 2.39. The highest BCUT2D eigenvalue weighted by molar-refractivity contribution is 6.05. The first-order valence-corrected chi connectivity index (χ1v) is 12.7. The lowest BCUT2D eigenvalue weighted by Gasteiger charge is -2.29. The quantitative estimate of drug-likeness (QED) is 0.459. The number of aromatic nitrogens is 1. The van der Waals surface area contributed by atoms with Gasteiger partial charge in [-0.15, -0.1) is 0 Å². The third kappa shape index (κ3) is 6.87. The van der Waals surface area contributed by atoms with Crippen molar-refractivity contribution in [2.75, 3.05) is 0 Å². The van der Waals surface area contributed by atoms with Crippen LogP contribution in [0.3, 0.4) is 0 Å². The predicted molar refractivity (Wildman–Crippen MR) is 144 cm³/mol. The fourth-order valence-electron chi connectivity index (χ4n) is 4.05. The second-order valence-corrected chi connectivity index (χ2v) is 8.09. The SMILES string of the molecule is CC.CC.Cc1ccc(-c2ccccn2)cc1.Cc1cccc2c1C(=O)N(C1CCC(=O)NC1=O)C2. The molecule has 2 aliphatic heterocycles. The van der Waals surface area contributed by atoms with Gasteiger partial charge in [0.15, 0.2) is 0 Å². The molecular weight excluding hydrogens is 450 g/mol. The summed E-state index contributed by atoms with van der Waals surface area (Å²) < 4.78 is 0. The summed E-state index contributed by atoms with van der Waals surface area (Å²) in [5.74, 6) is -0.737. The molecule has 0 aliphatic carbocycles. The smallest absolute Gasteiger partial charge is 0.255 e. The maximum atomic E-state index is 12.4. The van der Waals surface area contributed by atoms with Crippen molar-refractivity contribution >= 4 is 17.7 Å². The lowest BCUT2D eigenvalue weighted by atomic mass is 10.0. The Bertz CT molecular complexity index is 1160. The maximum Gasteiger partial charge on any atom is 0.255 e. The fraction of sp³-hybridized carbons (Fsp3) is 0.333. The van der Waals surface area contributed by atoms with Gasteiger partial charge in [0.1, 0.15) is 6.04 Å². The van der Waals surface area contributed by atoms with Crippen LogP contribution in [0.25, 0.3) is 11.3 Å². The zero-order valence-electron chi connectivity index (χ0n) is 22.2. The van der Waals surface area contributed by atoms with E-state index >= 15 is 0 Å². The highest BCUT2D eigenvalue weighted by Crippen LogP contribution is 2.29. The monoisotopic (exact) mass is 487 g/mol. The van der Waals surface area contributed by atoms with E-state index in [0.29, 0.717) is 18.5 Å². The molecular formula is C30H37N3O3. The van der Waals surface area contributed by atoms with E-state index in [0.717, 1.165) is 16.8 Å². The number of amides is 3. The van der Waals surface area contributed by atoms with Gasteiger partial charge in [0.2, 0.25) is 11.8 Å². The Morgan fingerprint density at radius 3 is 2.14 bits per heavy atom. The molecule has 1 fully saturated rings. The number of carbonyl (C=O) groups is 3. The van der Waals surface area contributed by atoms with Crippen LogP contribution in [0.1, 0.15) is 67.6 Å². The molecule has 1 aromatic heterocycles. The molecule has 1 N–H and O–H groups in total. The van der Waals surface area contributed by atoms with Gasteiger partial charge in [-0.25, -0.2) is 0 Å². The summed E-state index contributed by atoms with van der Waals surface area (Å²) >= 11 is 0. The van der Waals surface area contributed by atoms with Crippen LogP contribution < -0.4 is 5.32 Å². The molecule has 6 nitrogen and oxygen atoms in total. The van der Waals surface area contributed by atoms with Gasteiger partial charge < -0.3 is 4.90 Å². The molecule has 3 amide bonds. The first-order chi connectivity index (χ1) is 17.4. The Kier molecular flexibility index (Phi) is 11.0. The number of imide groups is 1. The van der Waals surface area contributed by atoms with Crippen LogP contribution in [0, 0.1) is 13.8 Å². The third-order valence-electron chi connectivity index (χ3n) is 5.77. The summed E-state index contributed by atoms with van der Waals surface area (Å²) in [6, 6.07) is 19.5. The van der Waals surface area contributed by atoms with Crippen molar-refractivity contribution in [3.63, 3.8) is 0 Å². The molecule has 3 heterocycles. The van der Waals surface area contributed by atoms with Crippen molar-refractivity contribution in [3.05, 3.63) is 89.1 Å². The van der Waals surface area contributed by atoms with E-state index < -0.39 is 6.04 Å². The first kappa shape index (κ1) is 28.4. The van der Waals surface area contributed by atoms with Crippen LogP contribution in [-0.2, 0) is 16.1 Å². The zero-order valence-corrected chi connectivity index (χ0v) is 22.2. The molecule has 0 radical (unpaired) electrons. The Morgan fingerprint density at radius 2 is 1.56 bits per heavy atom. The minimum absolute atomic E-state index is 0.109.